The smallest absolute Gasteiger partial charge is 0.326 e. The predicted molar refractivity (Wildman–Crippen MR) is 102 cm³/mol. The highest BCUT2D eigenvalue weighted by Gasteiger charge is 2.37. The fourth-order valence-corrected chi connectivity index (χ4v) is 3.19. The maximum Gasteiger partial charge on any atom is 0.326 e. The van der Waals surface area contributed by atoms with E-state index in [0.717, 1.165) is 0 Å². The zero-order chi connectivity index (χ0) is 22.1. The van der Waals surface area contributed by atoms with Crippen LogP contribution in [0.1, 0.15) is 46.0 Å². The Labute approximate surface area is 169 Å². The van der Waals surface area contributed by atoms with Crippen LogP contribution in [0.15, 0.2) is 0 Å². The van der Waals surface area contributed by atoms with Gasteiger partial charge in [0.05, 0.1) is 6.54 Å². The monoisotopic (exact) mass is 414 g/mol. The average Bonchev–Trinajstić information content (AvgIpc) is 3.17. The van der Waals surface area contributed by atoms with Gasteiger partial charge in [-0.25, -0.2) is 4.79 Å². The molecule has 11 heteroatoms. The molecule has 3 amide bonds. The molecular weight excluding hydrogens is 384 g/mol. The van der Waals surface area contributed by atoms with Crippen LogP contribution in [0, 0.1) is 5.92 Å². The van der Waals surface area contributed by atoms with Crippen molar-refractivity contribution in [3.63, 3.8) is 0 Å². The number of likely N-dealkylation sites (tertiary alicyclic amines) is 1. The summed E-state index contributed by atoms with van der Waals surface area (Å²) in [6, 6.07) is -3.13. The molecule has 1 heterocycles. The summed E-state index contributed by atoms with van der Waals surface area (Å²) in [6.07, 6.45) is 0.916. The van der Waals surface area contributed by atoms with Crippen LogP contribution in [-0.2, 0) is 24.0 Å². The quantitative estimate of drug-likeness (QED) is 0.283. The highest BCUT2D eigenvalue weighted by molar-refractivity contribution is 5.94. The van der Waals surface area contributed by atoms with Crippen LogP contribution in [0.5, 0.6) is 0 Å². The number of carboxylic acids is 2. The number of carboxylic acid groups (broad SMARTS) is 2. The van der Waals surface area contributed by atoms with Gasteiger partial charge in [0.25, 0.3) is 0 Å². The molecular formula is C18H30N4O7. The summed E-state index contributed by atoms with van der Waals surface area (Å²) in [4.78, 5) is 60.8. The fraction of sp³-hybridized carbons (Fsp3) is 0.722. The van der Waals surface area contributed by atoms with E-state index in [4.69, 9.17) is 10.8 Å². The first kappa shape index (κ1) is 24.3. The topological polar surface area (TPSA) is 179 Å². The summed E-state index contributed by atoms with van der Waals surface area (Å²) in [5.74, 6) is -4.41. The van der Waals surface area contributed by atoms with Crippen LogP contribution >= 0.6 is 0 Å². The third-order valence-corrected chi connectivity index (χ3v) is 5.11. The minimum Gasteiger partial charge on any atom is -0.481 e. The van der Waals surface area contributed by atoms with Crippen LogP contribution in [0.2, 0.25) is 0 Å². The zero-order valence-electron chi connectivity index (χ0n) is 16.7. The van der Waals surface area contributed by atoms with Crippen molar-refractivity contribution in [3.05, 3.63) is 0 Å². The van der Waals surface area contributed by atoms with Crippen molar-refractivity contribution in [3.8, 4) is 0 Å². The standard InChI is InChI=1S/C18H30N4O7/c1-3-10(2)15(17(27)20-11(18(28)29)6-7-14(24)25)21-16(26)12-5-4-8-22(12)13(23)9-19/h10-12,15H,3-9,19H2,1-2H3,(H,20,27)(H,21,26)(H,24,25)(H,28,29). The van der Waals surface area contributed by atoms with Crippen LogP contribution in [0.4, 0.5) is 0 Å². The molecule has 0 saturated carbocycles. The Bertz CT molecular complexity index is 640. The predicted octanol–water partition coefficient (Wildman–Crippen LogP) is -1.10. The Balaban J connectivity index is 2.88. The maximum absolute atomic E-state index is 12.7. The molecule has 0 radical (unpaired) electrons. The van der Waals surface area contributed by atoms with Crippen LogP contribution < -0.4 is 16.4 Å². The molecule has 0 spiro atoms. The molecule has 1 fully saturated rings. The second-order valence-electron chi connectivity index (χ2n) is 7.15. The molecule has 0 aromatic heterocycles. The minimum atomic E-state index is -1.39. The molecule has 6 N–H and O–H groups in total. The van der Waals surface area contributed by atoms with Crippen molar-refractivity contribution in [2.24, 2.45) is 11.7 Å². The maximum atomic E-state index is 12.7. The van der Waals surface area contributed by atoms with Crippen molar-refractivity contribution >= 4 is 29.7 Å². The molecule has 1 aliphatic heterocycles. The molecule has 4 unspecified atom stereocenters. The van der Waals surface area contributed by atoms with Gasteiger partial charge < -0.3 is 31.5 Å². The molecule has 11 nitrogen and oxygen atoms in total. The lowest BCUT2D eigenvalue weighted by Crippen LogP contribution is -2.57. The van der Waals surface area contributed by atoms with Gasteiger partial charge in [0, 0.05) is 13.0 Å². The van der Waals surface area contributed by atoms with E-state index >= 15 is 0 Å². The van der Waals surface area contributed by atoms with E-state index < -0.39 is 48.3 Å². The van der Waals surface area contributed by atoms with Crippen molar-refractivity contribution < 1.29 is 34.2 Å². The van der Waals surface area contributed by atoms with Crippen LogP contribution in [0.25, 0.3) is 0 Å². The summed E-state index contributed by atoms with van der Waals surface area (Å²) in [5, 5.41) is 22.9. The summed E-state index contributed by atoms with van der Waals surface area (Å²) in [7, 11) is 0. The van der Waals surface area contributed by atoms with Gasteiger partial charge in [-0.15, -0.1) is 0 Å². The van der Waals surface area contributed by atoms with Crippen molar-refractivity contribution in [2.75, 3.05) is 13.1 Å². The van der Waals surface area contributed by atoms with Crippen LogP contribution in [-0.4, -0.2) is 76.0 Å². The second kappa shape index (κ2) is 11.3. The molecule has 0 bridgehead atoms. The zero-order valence-corrected chi connectivity index (χ0v) is 16.7. The number of carbonyl (C=O) groups excluding carboxylic acids is 3. The number of amides is 3. The number of nitrogens with zero attached hydrogens (tertiary/aromatic N) is 1. The lowest BCUT2D eigenvalue weighted by molar-refractivity contribution is -0.144. The summed E-state index contributed by atoms with van der Waals surface area (Å²) < 4.78 is 0. The highest BCUT2D eigenvalue weighted by atomic mass is 16.4. The number of hydrogen-bond donors (Lipinski definition) is 5. The summed E-state index contributed by atoms with van der Waals surface area (Å²) >= 11 is 0. The van der Waals surface area contributed by atoms with Gasteiger partial charge in [-0.05, 0) is 25.2 Å². The number of rotatable bonds is 11. The number of aliphatic carboxylic acids is 2. The van der Waals surface area contributed by atoms with Gasteiger partial charge in [-0.3, -0.25) is 19.2 Å². The third kappa shape index (κ3) is 7.00. The Hall–Kier alpha value is -2.69. The van der Waals surface area contributed by atoms with Crippen molar-refractivity contribution in [2.45, 2.75) is 64.1 Å². The molecule has 1 rings (SSSR count). The molecule has 164 valence electrons. The first-order valence-electron chi connectivity index (χ1n) is 9.67. The molecule has 0 aromatic carbocycles. The van der Waals surface area contributed by atoms with Gasteiger partial charge in [0.1, 0.15) is 18.1 Å². The Morgan fingerprint density at radius 3 is 2.34 bits per heavy atom. The minimum absolute atomic E-state index is 0.219. The van der Waals surface area contributed by atoms with E-state index in [1.54, 1.807) is 6.92 Å². The number of nitrogens with one attached hydrogen (secondary N) is 2. The van der Waals surface area contributed by atoms with E-state index in [-0.39, 0.29) is 24.8 Å². The van der Waals surface area contributed by atoms with Crippen LogP contribution in [0.3, 0.4) is 0 Å². The van der Waals surface area contributed by atoms with E-state index in [0.29, 0.717) is 25.8 Å². The van der Waals surface area contributed by atoms with Gasteiger partial charge >= 0.3 is 11.9 Å². The Morgan fingerprint density at radius 1 is 1.17 bits per heavy atom. The van der Waals surface area contributed by atoms with Gasteiger partial charge in [-0.1, -0.05) is 20.3 Å². The first-order chi connectivity index (χ1) is 13.6. The van der Waals surface area contributed by atoms with Crippen molar-refractivity contribution in [1.29, 1.82) is 0 Å². The molecule has 4 atom stereocenters. The molecule has 1 aliphatic rings. The highest BCUT2D eigenvalue weighted by Crippen LogP contribution is 2.18. The lowest BCUT2D eigenvalue weighted by atomic mass is 9.97. The second-order valence-corrected chi connectivity index (χ2v) is 7.15. The lowest BCUT2D eigenvalue weighted by Gasteiger charge is -2.29. The third-order valence-electron chi connectivity index (χ3n) is 5.11. The molecule has 29 heavy (non-hydrogen) atoms. The van der Waals surface area contributed by atoms with E-state index in [1.807, 2.05) is 6.92 Å². The van der Waals surface area contributed by atoms with E-state index in [2.05, 4.69) is 10.6 Å². The SMILES string of the molecule is CCC(C)C(NC(=O)C1CCCN1C(=O)CN)C(=O)NC(CCC(=O)O)C(=O)O. The Kier molecular flexibility index (Phi) is 9.53. The normalized spacial score (nSPS) is 19.1. The van der Waals surface area contributed by atoms with Crippen molar-refractivity contribution in [1.82, 2.24) is 15.5 Å². The van der Waals surface area contributed by atoms with Gasteiger partial charge in [-0.2, -0.15) is 0 Å². The molecule has 1 saturated heterocycles. The molecule has 0 aliphatic carbocycles. The number of hydrogen-bond acceptors (Lipinski definition) is 6. The summed E-state index contributed by atoms with van der Waals surface area (Å²) in [5.41, 5.74) is 5.38. The average molecular weight is 414 g/mol. The van der Waals surface area contributed by atoms with Gasteiger partial charge in [0.15, 0.2) is 0 Å². The fourth-order valence-electron chi connectivity index (χ4n) is 3.19. The van der Waals surface area contributed by atoms with Gasteiger partial charge in [0.2, 0.25) is 17.7 Å². The van der Waals surface area contributed by atoms with E-state index in [1.165, 1.54) is 4.90 Å². The largest absolute Gasteiger partial charge is 0.481 e. The molecule has 0 aromatic rings. The first-order valence-corrected chi connectivity index (χ1v) is 9.67. The Morgan fingerprint density at radius 2 is 1.83 bits per heavy atom. The number of nitrogens with two attached hydrogens (primary N) is 1. The number of carbonyl (C=O) groups is 5. The summed E-state index contributed by atoms with van der Waals surface area (Å²) in [6.45, 7) is 3.73. The van der Waals surface area contributed by atoms with E-state index in [9.17, 15) is 29.1 Å².